The molecule has 0 aromatic heterocycles. The van der Waals surface area contributed by atoms with Gasteiger partial charge in [0.05, 0.1) is 5.41 Å². The van der Waals surface area contributed by atoms with Crippen LogP contribution in [0.25, 0.3) is 0 Å². The number of nitrogens with zero attached hydrogens (tertiary/aromatic N) is 1. The van der Waals surface area contributed by atoms with E-state index in [1.165, 1.54) is 0 Å². The lowest BCUT2D eigenvalue weighted by atomic mass is 10.1. The smallest absolute Gasteiger partial charge is 0.311 e. The van der Waals surface area contributed by atoms with Crippen molar-refractivity contribution in [2.24, 2.45) is 5.41 Å². The van der Waals surface area contributed by atoms with Crippen molar-refractivity contribution in [1.82, 2.24) is 10.2 Å². The number of aliphatic carboxylic acids is 1. The number of nitrogens with one attached hydrogen (secondary N) is 1. The molecular formula is C12H16N2O5. The lowest BCUT2D eigenvalue weighted by Gasteiger charge is -2.14. The van der Waals surface area contributed by atoms with Crippen molar-refractivity contribution < 1.29 is 24.3 Å². The van der Waals surface area contributed by atoms with Gasteiger partial charge in [0.1, 0.15) is 0 Å². The minimum Gasteiger partial charge on any atom is -0.481 e. The van der Waals surface area contributed by atoms with Crippen LogP contribution in [0.4, 0.5) is 0 Å². The second-order valence-corrected chi connectivity index (χ2v) is 5.05. The fraction of sp³-hybridized carbons (Fsp3) is 0.667. The van der Waals surface area contributed by atoms with Gasteiger partial charge in [0.15, 0.2) is 0 Å². The quantitative estimate of drug-likeness (QED) is 0.632. The summed E-state index contributed by atoms with van der Waals surface area (Å²) in [5.41, 5.74) is -0.797. The number of carboxylic acid groups (broad SMARTS) is 1. The van der Waals surface area contributed by atoms with Gasteiger partial charge in [-0.1, -0.05) is 0 Å². The van der Waals surface area contributed by atoms with Crippen LogP contribution in [-0.2, 0) is 19.2 Å². The first-order valence-electron chi connectivity index (χ1n) is 6.28. The van der Waals surface area contributed by atoms with E-state index in [9.17, 15) is 19.2 Å². The molecule has 1 aliphatic carbocycles. The molecule has 0 spiro atoms. The topological polar surface area (TPSA) is 104 Å². The number of rotatable bonds is 6. The van der Waals surface area contributed by atoms with E-state index in [1.807, 2.05) is 0 Å². The summed E-state index contributed by atoms with van der Waals surface area (Å²) in [6.07, 6.45) is 1.59. The largest absolute Gasteiger partial charge is 0.481 e. The predicted molar refractivity (Wildman–Crippen MR) is 62.9 cm³/mol. The van der Waals surface area contributed by atoms with Gasteiger partial charge in [-0.3, -0.25) is 24.1 Å². The van der Waals surface area contributed by atoms with E-state index in [0.29, 0.717) is 12.8 Å². The van der Waals surface area contributed by atoms with Crippen molar-refractivity contribution in [1.29, 1.82) is 0 Å². The molecule has 7 nitrogen and oxygen atoms in total. The minimum atomic E-state index is -0.891. The van der Waals surface area contributed by atoms with Crippen LogP contribution >= 0.6 is 0 Å². The van der Waals surface area contributed by atoms with Crippen molar-refractivity contribution in [2.45, 2.75) is 32.1 Å². The highest BCUT2D eigenvalue weighted by atomic mass is 16.4. The van der Waals surface area contributed by atoms with Crippen molar-refractivity contribution in [3.63, 3.8) is 0 Å². The molecule has 2 rings (SSSR count). The average Bonchev–Trinajstić information content (AvgIpc) is 3.09. The van der Waals surface area contributed by atoms with Crippen LogP contribution in [0.1, 0.15) is 32.1 Å². The molecule has 1 heterocycles. The Labute approximate surface area is 109 Å². The molecule has 0 radical (unpaired) electrons. The lowest BCUT2D eigenvalue weighted by Crippen LogP contribution is -2.37. The Morgan fingerprint density at radius 1 is 1.21 bits per heavy atom. The number of carbonyl (C=O) groups excluding carboxylic acids is 3. The van der Waals surface area contributed by atoms with E-state index in [1.54, 1.807) is 0 Å². The molecule has 1 aliphatic heterocycles. The molecule has 104 valence electrons. The Kier molecular flexibility index (Phi) is 3.55. The Morgan fingerprint density at radius 2 is 1.79 bits per heavy atom. The molecule has 0 aromatic carbocycles. The molecule has 3 amide bonds. The third kappa shape index (κ3) is 2.91. The molecule has 0 aromatic rings. The van der Waals surface area contributed by atoms with Crippen molar-refractivity contribution in [3.05, 3.63) is 0 Å². The number of imide groups is 1. The van der Waals surface area contributed by atoms with Gasteiger partial charge >= 0.3 is 5.97 Å². The Morgan fingerprint density at radius 3 is 2.26 bits per heavy atom. The molecule has 1 saturated carbocycles. The highest BCUT2D eigenvalue weighted by molar-refractivity contribution is 6.02. The molecule has 0 bridgehead atoms. The normalized spacial score (nSPS) is 20.5. The second kappa shape index (κ2) is 4.99. The predicted octanol–water partition coefficient (Wildman–Crippen LogP) is -0.493. The van der Waals surface area contributed by atoms with E-state index in [-0.39, 0.29) is 50.1 Å². The number of amides is 3. The van der Waals surface area contributed by atoms with Crippen LogP contribution in [-0.4, -0.2) is 46.8 Å². The number of hydrogen-bond acceptors (Lipinski definition) is 4. The Hall–Kier alpha value is -1.92. The van der Waals surface area contributed by atoms with Crippen LogP contribution in [0.3, 0.4) is 0 Å². The maximum Gasteiger partial charge on any atom is 0.311 e. The summed E-state index contributed by atoms with van der Waals surface area (Å²) >= 11 is 0. The lowest BCUT2D eigenvalue weighted by molar-refractivity contribution is -0.143. The second-order valence-electron chi connectivity index (χ2n) is 5.05. The minimum absolute atomic E-state index is 0.0210. The Bertz CT molecular complexity index is 425. The summed E-state index contributed by atoms with van der Waals surface area (Å²) in [4.78, 5) is 46.2. The van der Waals surface area contributed by atoms with Crippen LogP contribution in [0, 0.1) is 5.41 Å². The summed E-state index contributed by atoms with van der Waals surface area (Å²) in [5, 5.41) is 11.5. The van der Waals surface area contributed by atoms with E-state index < -0.39 is 11.4 Å². The van der Waals surface area contributed by atoms with Gasteiger partial charge in [0.2, 0.25) is 17.7 Å². The zero-order valence-electron chi connectivity index (χ0n) is 10.5. The van der Waals surface area contributed by atoms with Gasteiger partial charge < -0.3 is 10.4 Å². The molecule has 2 N–H and O–H groups in total. The van der Waals surface area contributed by atoms with Crippen LogP contribution in [0.15, 0.2) is 0 Å². The van der Waals surface area contributed by atoms with Gasteiger partial charge in [-0.05, 0) is 12.8 Å². The third-order valence-electron chi connectivity index (χ3n) is 3.65. The Balaban J connectivity index is 1.72. The molecule has 19 heavy (non-hydrogen) atoms. The summed E-state index contributed by atoms with van der Waals surface area (Å²) in [6, 6.07) is 0. The van der Waals surface area contributed by atoms with E-state index in [0.717, 1.165) is 4.90 Å². The van der Waals surface area contributed by atoms with Crippen molar-refractivity contribution in [2.75, 3.05) is 13.1 Å². The third-order valence-corrected chi connectivity index (χ3v) is 3.65. The summed E-state index contributed by atoms with van der Waals surface area (Å²) in [7, 11) is 0. The molecule has 0 atom stereocenters. The monoisotopic (exact) mass is 268 g/mol. The van der Waals surface area contributed by atoms with E-state index in [2.05, 4.69) is 5.32 Å². The van der Waals surface area contributed by atoms with Crippen molar-refractivity contribution >= 4 is 23.7 Å². The first-order valence-corrected chi connectivity index (χ1v) is 6.28. The molecule has 1 saturated heterocycles. The highest BCUT2D eigenvalue weighted by Crippen LogP contribution is 2.45. The fourth-order valence-electron chi connectivity index (χ4n) is 2.06. The van der Waals surface area contributed by atoms with Gasteiger partial charge in [0.25, 0.3) is 0 Å². The van der Waals surface area contributed by atoms with Crippen LogP contribution < -0.4 is 5.32 Å². The summed E-state index contributed by atoms with van der Waals surface area (Å²) < 4.78 is 0. The first kappa shape index (κ1) is 13.5. The maximum absolute atomic E-state index is 11.6. The SMILES string of the molecule is O=C(CCN1C(=O)CCC1=O)NCC1(C(=O)O)CC1. The summed E-state index contributed by atoms with van der Waals surface area (Å²) in [5.74, 6) is -1.72. The highest BCUT2D eigenvalue weighted by Gasteiger charge is 2.50. The van der Waals surface area contributed by atoms with E-state index >= 15 is 0 Å². The zero-order chi connectivity index (χ0) is 14.0. The molecular weight excluding hydrogens is 252 g/mol. The van der Waals surface area contributed by atoms with Gasteiger partial charge in [-0.15, -0.1) is 0 Å². The standard InChI is InChI=1S/C12H16N2O5/c15-8(13-7-12(4-5-12)11(18)19)3-6-14-9(16)1-2-10(14)17/h1-7H2,(H,13,15)(H,18,19). The zero-order valence-corrected chi connectivity index (χ0v) is 10.5. The molecule has 0 unspecified atom stereocenters. The number of carboxylic acids is 1. The number of hydrogen-bond donors (Lipinski definition) is 2. The maximum atomic E-state index is 11.6. The molecule has 2 fully saturated rings. The number of likely N-dealkylation sites (tertiary alicyclic amines) is 1. The average molecular weight is 268 g/mol. The first-order chi connectivity index (χ1) is 8.94. The van der Waals surface area contributed by atoms with E-state index in [4.69, 9.17) is 5.11 Å². The van der Waals surface area contributed by atoms with Gasteiger partial charge in [-0.2, -0.15) is 0 Å². The van der Waals surface area contributed by atoms with Gasteiger partial charge in [0, 0.05) is 32.4 Å². The molecule has 7 heteroatoms. The fourth-order valence-corrected chi connectivity index (χ4v) is 2.06. The van der Waals surface area contributed by atoms with Gasteiger partial charge in [-0.25, -0.2) is 0 Å². The molecule has 2 aliphatic rings. The number of carbonyl (C=O) groups is 4. The summed E-state index contributed by atoms with van der Waals surface area (Å²) in [6.45, 7) is 0.187. The van der Waals surface area contributed by atoms with Crippen LogP contribution in [0.5, 0.6) is 0 Å². The van der Waals surface area contributed by atoms with Crippen molar-refractivity contribution in [3.8, 4) is 0 Å². The van der Waals surface area contributed by atoms with Crippen LogP contribution in [0.2, 0.25) is 0 Å².